The van der Waals surface area contributed by atoms with E-state index >= 15 is 0 Å². The van der Waals surface area contributed by atoms with Gasteiger partial charge in [0.25, 0.3) is 0 Å². The summed E-state index contributed by atoms with van der Waals surface area (Å²) in [4.78, 5) is 3.99. The molecule has 2 N–H and O–H groups in total. The van der Waals surface area contributed by atoms with E-state index < -0.39 is 5.60 Å². The molecule has 0 saturated carbocycles. The van der Waals surface area contributed by atoms with Crippen molar-refractivity contribution in [3.63, 3.8) is 0 Å². The number of ether oxygens (including phenoxy) is 1. The molecule has 6 heteroatoms. The molecular weight excluding hydrogens is 198 g/mol. The summed E-state index contributed by atoms with van der Waals surface area (Å²) in [6.07, 6.45) is 1.26. The lowest BCUT2D eigenvalue weighted by atomic mass is 9.94. The third-order valence-corrected chi connectivity index (χ3v) is 2.52. The van der Waals surface area contributed by atoms with E-state index in [2.05, 4.69) is 15.5 Å². The van der Waals surface area contributed by atoms with Gasteiger partial charge in [-0.05, 0) is 6.92 Å². The number of aromatic nitrogens is 2. The van der Waals surface area contributed by atoms with Crippen LogP contribution in [0.5, 0.6) is 0 Å². The van der Waals surface area contributed by atoms with E-state index in [4.69, 9.17) is 9.26 Å². The number of nitrogens with one attached hydrogen (secondary N) is 1. The van der Waals surface area contributed by atoms with Crippen LogP contribution in [0, 0.1) is 6.92 Å². The Bertz CT molecular complexity index is 320. The first-order chi connectivity index (χ1) is 7.18. The molecule has 0 aromatic carbocycles. The zero-order chi connectivity index (χ0) is 10.7. The Morgan fingerprint density at radius 1 is 1.47 bits per heavy atom. The summed E-state index contributed by atoms with van der Waals surface area (Å²) in [5, 5.41) is 16.7. The molecule has 0 atom stereocenters. The Hall–Kier alpha value is -1.14. The Kier molecular flexibility index (Phi) is 2.88. The van der Waals surface area contributed by atoms with E-state index in [-0.39, 0.29) is 0 Å². The van der Waals surface area contributed by atoms with Crippen LogP contribution in [0.4, 0.5) is 6.01 Å². The summed E-state index contributed by atoms with van der Waals surface area (Å²) in [6.45, 7) is 3.36. The summed E-state index contributed by atoms with van der Waals surface area (Å²) in [5.41, 5.74) is -0.722. The Morgan fingerprint density at radius 3 is 2.80 bits per heavy atom. The monoisotopic (exact) mass is 213 g/mol. The Morgan fingerprint density at radius 2 is 2.20 bits per heavy atom. The molecule has 1 aliphatic heterocycles. The van der Waals surface area contributed by atoms with Crippen molar-refractivity contribution in [3.8, 4) is 0 Å². The van der Waals surface area contributed by atoms with E-state index in [9.17, 15) is 5.11 Å². The van der Waals surface area contributed by atoms with Crippen LogP contribution in [0.15, 0.2) is 4.52 Å². The summed E-state index contributed by atoms with van der Waals surface area (Å²) in [7, 11) is 0. The predicted molar refractivity (Wildman–Crippen MR) is 52.5 cm³/mol. The summed E-state index contributed by atoms with van der Waals surface area (Å²) >= 11 is 0. The van der Waals surface area contributed by atoms with Gasteiger partial charge < -0.3 is 19.7 Å². The zero-order valence-electron chi connectivity index (χ0n) is 8.69. The molecule has 2 rings (SSSR count). The number of hydrogen-bond donors (Lipinski definition) is 2. The topological polar surface area (TPSA) is 80.4 Å². The lowest BCUT2D eigenvalue weighted by molar-refractivity contribution is -0.0546. The molecule has 2 heterocycles. The van der Waals surface area contributed by atoms with Gasteiger partial charge in [0.2, 0.25) is 0 Å². The quantitative estimate of drug-likeness (QED) is 0.753. The SMILES string of the molecule is Cc1noc(NCC2(O)CCOCC2)n1. The molecule has 1 aromatic rings. The molecule has 0 unspecified atom stereocenters. The molecule has 0 radical (unpaired) electrons. The smallest absolute Gasteiger partial charge is 0.321 e. The average Bonchev–Trinajstić information content (AvgIpc) is 2.63. The lowest BCUT2D eigenvalue weighted by Crippen LogP contribution is -2.42. The van der Waals surface area contributed by atoms with Crippen molar-refractivity contribution in [3.05, 3.63) is 5.82 Å². The van der Waals surface area contributed by atoms with Crippen LogP contribution in [0.25, 0.3) is 0 Å². The van der Waals surface area contributed by atoms with Crippen LogP contribution in [0.2, 0.25) is 0 Å². The third kappa shape index (κ3) is 2.66. The van der Waals surface area contributed by atoms with Crippen molar-refractivity contribution in [1.29, 1.82) is 0 Å². The minimum Gasteiger partial charge on any atom is -0.388 e. The second-order valence-electron chi connectivity index (χ2n) is 3.84. The van der Waals surface area contributed by atoms with Crippen molar-refractivity contribution in [2.45, 2.75) is 25.4 Å². The highest BCUT2D eigenvalue weighted by Gasteiger charge is 2.29. The predicted octanol–water partition coefficient (Wildman–Crippen LogP) is 0.331. The van der Waals surface area contributed by atoms with Crippen molar-refractivity contribution in [2.75, 3.05) is 25.1 Å². The van der Waals surface area contributed by atoms with E-state index in [0.717, 1.165) is 0 Å². The van der Waals surface area contributed by atoms with Gasteiger partial charge in [0.15, 0.2) is 5.82 Å². The van der Waals surface area contributed by atoms with Crippen LogP contribution in [0.3, 0.4) is 0 Å². The van der Waals surface area contributed by atoms with Crippen LogP contribution in [-0.4, -0.2) is 40.6 Å². The average molecular weight is 213 g/mol. The van der Waals surface area contributed by atoms with Gasteiger partial charge >= 0.3 is 6.01 Å². The lowest BCUT2D eigenvalue weighted by Gasteiger charge is -2.31. The minimum absolute atomic E-state index is 0.354. The molecule has 0 bridgehead atoms. The van der Waals surface area contributed by atoms with Crippen LogP contribution < -0.4 is 5.32 Å². The molecule has 0 amide bonds. The normalized spacial score (nSPS) is 20.1. The number of aliphatic hydroxyl groups is 1. The fourth-order valence-electron chi connectivity index (χ4n) is 1.54. The third-order valence-electron chi connectivity index (χ3n) is 2.52. The first kappa shape index (κ1) is 10.4. The Balaban J connectivity index is 1.86. The van der Waals surface area contributed by atoms with Crippen molar-refractivity contribution < 1.29 is 14.4 Å². The molecule has 1 fully saturated rings. The second-order valence-corrected chi connectivity index (χ2v) is 3.84. The van der Waals surface area contributed by atoms with Gasteiger partial charge in [0.05, 0.1) is 5.60 Å². The largest absolute Gasteiger partial charge is 0.388 e. The van der Waals surface area contributed by atoms with Gasteiger partial charge in [-0.25, -0.2) is 0 Å². The van der Waals surface area contributed by atoms with E-state index in [1.807, 2.05) is 0 Å². The van der Waals surface area contributed by atoms with Crippen molar-refractivity contribution in [1.82, 2.24) is 10.1 Å². The van der Waals surface area contributed by atoms with Crippen LogP contribution in [0.1, 0.15) is 18.7 Å². The van der Waals surface area contributed by atoms with E-state index in [1.165, 1.54) is 0 Å². The molecule has 0 spiro atoms. The van der Waals surface area contributed by atoms with Gasteiger partial charge in [-0.3, -0.25) is 0 Å². The standard InChI is InChI=1S/C9H15N3O3/c1-7-11-8(15-12-7)10-6-9(13)2-4-14-5-3-9/h13H,2-6H2,1H3,(H,10,11,12). The number of rotatable bonds is 3. The van der Waals surface area contributed by atoms with Gasteiger partial charge in [-0.15, -0.1) is 0 Å². The number of aryl methyl sites for hydroxylation is 1. The molecule has 6 nitrogen and oxygen atoms in total. The van der Waals surface area contributed by atoms with Crippen molar-refractivity contribution >= 4 is 6.01 Å². The zero-order valence-corrected chi connectivity index (χ0v) is 8.69. The van der Waals surface area contributed by atoms with Gasteiger partial charge in [-0.1, -0.05) is 5.16 Å². The first-order valence-electron chi connectivity index (χ1n) is 5.02. The van der Waals surface area contributed by atoms with Gasteiger partial charge in [0, 0.05) is 32.6 Å². The molecule has 15 heavy (non-hydrogen) atoms. The van der Waals surface area contributed by atoms with Crippen LogP contribution in [-0.2, 0) is 4.74 Å². The second kappa shape index (κ2) is 4.16. The molecule has 1 saturated heterocycles. The molecule has 0 aliphatic carbocycles. The molecular formula is C9H15N3O3. The summed E-state index contributed by atoms with van der Waals surface area (Å²) < 4.78 is 10.1. The minimum atomic E-state index is -0.722. The van der Waals surface area contributed by atoms with Gasteiger partial charge in [-0.2, -0.15) is 4.98 Å². The number of hydrogen-bond acceptors (Lipinski definition) is 6. The molecule has 1 aromatic heterocycles. The fourth-order valence-corrected chi connectivity index (χ4v) is 1.54. The Labute approximate surface area is 87.6 Å². The highest BCUT2D eigenvalue weighted by Crippen LogP contribution is 2.20. The highest BCUT2D eigenvalue weighted by atomic mass is 16.5. The van der Waals surface area contributed by atoms with Crippen molar-refractivity contribution in [2.24, 2.45) is 0 Å². The van der Waals surface area contributed by atoms with Gasteiger partial charge in [0.1, 0.15) is 0 Å². The fraction of sp³-hybridized carbons (Fsp3) is 0.778. The molecule has 1 aliphatic rings. The van der Waals surface area contributed by atoms with Crippen LogP contribution >= 0.6 is 0 Å². The maximum atomic E-state index is 10.1. The summed E-state index contributed by atoms with van der Waals surface area (Å²) in [6, 6.07) is 0.354. The number of anilines is 1. The van der Waals surface area contributed by atoms with E-state index in [1.54, 1.807) is 6.92 Å². The number of nitrogens with zero attached hydrogens (tertiary/aromatic N) is 2. The highest BCUT2D eigenvalue weighted by molar-refractivity contribution is 5.19. The van der Waals surface area contributed by atoms with E-state index in [0.29, 0.717) is 44.4 Å². The molecule has 84 valence electrons. The first-order valence-corrected chi connectivity index (χ1v) is 5.02. The summed E-state index contributed by atoms with van der Waals surface area (Å²) in [5.74, 6) is 0.580. The maximum Gasteiger partial charge on any atom is 0.321 e. The maximum absolute atomic E-state index is 10.1.